The maximum absolute atomic E-state index is 12.3. The maximum atomic E-state index is 12.3. The van der Waals surface area contributed by atoms with Crippen LogP contribution in [0.3, 0.4) is 0 Å². The van der Waals surface area contributed by atoms with E-state index in [2.05, 4.69) is 15.8 Å². The number of nitrogens with zero attached hydrogens (tertiary/aromatic N) is 2. The minimum absolute atomic E-state index is 0.133. The van der Waals surface area contributed by atoms with Crippen LogP contribution in [0.5, 0.6) is 5.75 Å². The first-order chi connectivity index (χ1) is 17.6. The van der Waals surface area contributed by atoms with Gasteiger partial charge in [0, 0.05) is 6.54 Å². The van der Waals surface area contributed by atoms with E-state index in [1.165, 1.54) is 24.4 Å². The fourth-order valence-electron chi connectivity index (χ4n) is 3.03. The van der Waals surface area contributed by atoms with Gasteiger partial charge in [-0.3, -0.25) is 13.9 Å². The molecule has 0 heterocycles. The van der Waals surface area contributed by atoms with Crippen molar-refractivity contribution >= 4 is 56.9 Å². The second-order valence-corrected chi connectivity index (χ2v) is 10.5. The van der Waals surface area contributed by atoms with Crippen molar-refractivity contribution in [2.24, 2.45) is 5.10 Å². The summed E-state index contributed by atoms with van der Waals surface area (Å²) >= 11 is 11.9. The number of amides is 2. The van der Waals surface area contributed by atoms with Crippen LogP contribution in [0.1, 0.15) is 11.1 Å². The Morgan fingerprint density at radius 2 is 1.68 bits per heavy atom. The Morgan fingerprint density at radius 1 is 0.973 bits per heavy atom. The van der Waals surface area contributed by atoms with E-state index < -0.39 is 22.5 Å². The van der Waals surface area contributed by atoms with E-state index in [4.69, 9.17) is 27.9 Å². The third kappa shape index (κ3) is 9.09. The Kier molecular flexibility index (Phi) is 9.90. The van der Waals surface area contributed by atoms with Crippen molar-refractivity contribution in [3.05, 3.63) is 94.0 Å². The second kappa shape index (κ2) is 13.1. The molecular weight excluding hydrogens is 539 g/mol. The van der Waals surface area contributed by atoms with Gasteiger partial charge in [0.2, 0.25) is 10.0 Å². The first kappa shape index (κ1) is 28.0. The van der Waals surface area contributed by atoms with E-state index in [0.29, 0.717) is 17.9 Å². The molecule has 0 bridgehead atoms. The monoisotopic (exact) mass is 562 g/mol. The largest absolute Gasteiger partial charge is 0.484 e. The molecule has 0 atom stereocenters. The van der Waals surface area contributed by atoms with E-state index >= 15 is 0 Å². The Morgan fingerprint density at radius 3 is 2.32 bits per heavy atom. The lowest BCUT2D eigenvalue weighted by atomic mass is 10.2. The summed E-state index contributed by atoms with van der Waals surface area (Å²) in [7, 11) is -3.78. The fraction of sp³-hybridized carbons (Fsp3) is 0.160. The highest BCUT2D eigenvalue weighted by Gasteiger charge is 2.21. The zero-order chi connectivity index (χ0) is 26.8. The lowest BCUT2D eigenvalue weighted by Gasteiger charge is -2.21. The number of hydrogen-bond donors (Lipinski definition) is 2. The summed E-state index contributed by atoms with van der Waals surface area (Å²) in [6.45, 7) is -0.223. The van der Waals surface area contributed by atoms with Gasteiger partial charge in [0.25, 0.3) is 11.8 Å². The molecule has 2 amide bonds. The Bertz CT molecular complexity index is 1370. The van der Waals surface area contributed by atoms with Gasteiger partial charge >= 0.3 is 0 Å². The average molecular weight is 563 g/mol. The number of carbonyl (C=O) groups is 2. The van der Waals surface area contributed by atoms with E-state index in [9.17, 15) is 18.0 Å². The number of hydrogen-bond acceptors (Lipinski definition) is 6. The van der Waals surface area contributed by atoms with Crippen LogP contribution < -0.4 is 19.8 Å². The van der Waals surface area contributed by atoms with Crippen LogP contribution in [0.2, 0.25) is 10.0 Å². The molecule has 0 aliphatic heterocycles. The molecular formula is C25H24Cl2N4O5S. The van der Waals surface area contributed by atoms with Crippen LogP contribution in [0.25, 0.3) is 0 Å². The first-order valence-electron chi connectivity index (χ1n) is 10.9. The summed E-state index contributed by atoms with van der Waals surface area (Å²) < 4.78 is 30.7. The predicted octanol–water partition coefficient (Wildman–Crippen LogP) is 3.60. The molecule has 3 aromatic rings. The topological polar surface area (TPSA) is 117 Å². The summed E-state index contributed by atoms with van der Waals surface area (Å²) in [5, 5.41) is 7.06. The Balaban J connectivity index is 1.48. The van der Waals surface area contributed by atoms with Crippen LogP contribution in [-0.2, 0) is 26.2 Å². The van der Waals surface area contributed by atoms with Crippen molar-refractivity contribution in [1.82, 2.24) is 10.7 Å². The molecule has 0 aliphatic rings. The number of hydrazone groups is 1. The molecule has 0 spiro atoms. The highest BCUT2D eigenvalue weighted by atomic mass is 35.5. The number of rotatable bonds is 11. The van der Waals surface area contributed by atoms with Crippen molar-refractivity contribution in [3.8, 4) is 5.75 Å². The molecule has 0 unspecified atom stereocenters. The van der Waals surface area contributed by atoms with Crippen LogP contribution in [0.4, 0.5) is 5.69 Å². The van der Waals surface area contributed by atoms with Crippen molar-refractivity contribution in [1.29, 1.82) is 0 Å². The lowest BCUT2D eigenvalue weighted by Crippen LogP contribution is -2.39. The summed E-state index contributed by atoms with van der Waals surface area (Å²) in [4.78, 5) is 24.3. The smallest absolute Gasteiger partial charge is 0.260 e. The molecule has 0 radical (unpaired) electrons. The van der Waals surface area contributed by atoms with E-state index in [0.717, 1.165) is 16.1 Å². The number of carbonyl (C=O) groups excluding carboxylic acids is 2. The second-order valence-electron chi connectivity index (χ2n) is 7.78. The van der Waals surface area contributed by atoms with Crippen molar-refractivity contribution in [2.45, 2.75) is 6.54 Å². The van der Waals surface area contributed by atoms with Gasteiger partial charge in [-0.15, -0.1) is 0 Å². The number of halogens is 2. The van der Waals surface area contributed by atoms with Crippen LogP contribution in [0.15, 0.2) is 77.9 Å². The summed E-state index contributed by atoms with van der Waals surface area (Å²) in [6, 6.07) is 20.5. The molecule has 3 rings (SSSR count). The maximum Gasteiger partial charge on any atom is 0.260 e. The zero-order valence-electron chi connectivity index (χ0n) is 19.7. The van der Waals surface area contributed by atoms with Gasteiger partial charge in [0.1, 0.15) is 12.3 Å². The van der Waals surface area contributed by atoms with Gasteiger partial charge in [0.15, 0.2) is 6.61 Å². The molecule has 37 heavy (non-hydrogen) atoms. The van der Waals surface area contributed by atoms with Crippen LogP contribution >= 0.6 is 23.2 Å². The van der Waals surface area contributed by atoms with Gasteiger partial charge in [-0.05, 0) is 53.6 Å². The molecule has 0 aromatic heterocycles. The fourth-order valence-corrected chi connectivity index (χ4v) is 4.17. The minimum atomic E-state index is -3.78. The van der Waals surface area contributed by atoms with E-state index in [1.807, 2.05) is 30.3 Å². The molecule has 3 aromatic carbocycles. The molecule has 0 saturated heterocycles. The van der Waals surface area contributed by atoms with Crippen LogP contribution in [-0.4, -0.2) is 45.9 Å². The Hall–Kier alpha value is -3.60. The molecule has 0 aliphatic carbocycles. The predicted molar refractivity (Wildman–Crippen MR) is 145 cm³/mol. The number of anilines is 1. The quantitative estimate of drug-likeness (QED) is 0.273. The molecule has 194 valence electrons. The number of ether oxygens (including phenoxy) is 1. The van der Waals surface area contributed by atoms with Crippen LogP contribution in [0, 0.1) is 0 Å². The standard InChI is InChI=1S/C25H24Cl2N4O5S/c1-37(34,35)31(20-9-12-22(26)23(27)13-20)16-24(32)30-29-15-19-7-10-21(11-8-19)36-17-25(33)28-14-18-5-3-2-4-6-18/h2-13,15H,14,16-17H2,1H3,(H,28,33)(H,30,32)/b29-15+. The highest BCUT2D eigenvalue weighted by molar-refractivity contribution is 7.92. The summed E-state index contributed by atoms with van der Waals surface area (Å²) in [5.74, 6) is -0.420. The number of nitrogens with one attached hydrogen (secondary N) is 2. The Labute approximate surface area is 225 Å². The third-order valence-electron chi connectivity index (χ3n) is 4.86. The van der Waals surface area contributed by atoms with Crippen molar-refractivity contribution in [3.63, 3.8) is 0 Å². The van der Waals surface area contributed by atoms with E-state index in [1.54, 1.807) is 24.3 Å². The number of sulfonamides is 1. The molecule has 2 N–H and O–H groups in total. The highest BCUT2D eigenvalue weighted by Crippen LogP contribution is 2.28. The van der Waals surface area contributed by atoms with Gasteiger partial charge < -0.3 is 10.1 Å². The molecule has 0 fully saturated rings. The molecule has 9 nitrogen and oxygen atoms in total. The van der Waals surface area contributed by atoms with Gasteiger partial charge in [0.05, 0.1) is 28.2 Å². The van der Waals surface area contributed by atoms with Crippen molar-refractivity contribution < 1.29 is 22.7 Å². The molecule has 0 saturated carbocycles. The zero-order valence-corrected chi connectivity index (χ0v) is 22.1. The number of benzene rings is 3. The minimum Gasteiger partial charge on any atom is -0.484 e. The first-order valence-corrected chi connectivity index (χ1v) is 13.5. The summed E-state index contributed by atoms with van der Waals surface area (Å²) in [6.07, 6.45) is 2.36. The molecule has 12 heteroatoms. The van der Waals surface area contributed by atoms with Crippen molar-refractivity contribution in [2.75, 3.05) is 23.7 Å². The van der Waals surface area contributed by atoms with E-state index in [-0.39, 0.29) is 28.2 Å². The normalized spacial score (nSPS) is 11.2. The van der Waals surface area contributed by atoms with Gasteiger partial charge in [-0.25, -0.2) is 13.8 Å². The average Bonchev–Trinajstić information content (AvgIpc) is 2.87. The lowest BCUT2D eigenvalue weighted by molar-refractivity contribution is -0.123. The SMILES string of the molecule is CS(=O)(=O)N(CC(=O)N/N=C/c1ccc(OCC(=O)NCc2ccccc2)cc1)c1ccc(Cl)c(Cl)c1. The third-order valence-corrected chi connectivity index (χ3v) is 6.74. The van der Waals surface area contributed by atoms with Gasteiger partial charge in [-0.2, -0.15) is 5.10 Å². The van der Waals surface area contributed by atoms with Gasteiger partial charge in [-0.1, -0.05) is 53.5 Å². The summed E-state index contributed by atoms with van der Waals surface area (Å²) in [5.41, 5.74) is 4.12.